The van der Waals surface area contributed by atoms with Gasteiger partial charge >= 0.3 is 0 Å². The van der Waals surface area contributed by atoms with Gasteiger partial charge in [0, 0.05) is 23.9 Å². The van der Waals surface area contributed by atoms with Crippen LogP contribution in [-0.2, 0) is 0 Å². The summed E-state index contributed by atoms with van der Waals surface area (Å²) >= 11 is 0. The Morgan fingerprint density at radius 2 is 2.04 bits per heavy atom. The standard InChI is InChI=1S/C18H18F2N2O3/c1-10-5-12(7-17(21-10)25-2)18(24)22-9-13(23)8-16(22)11-3-4-14(19)15(20)6-11/h3-7,13,16,23H,8-9H2,1-2H3/t13-,16-/m0/s1. The van der Waals surface area contributed by atoms with E-state index in [-0.39, 0.29) is 18.9 Å². The molecule has 0 spiro atoms. The summed E-state index contributed by atoms with van der Waals surface area (Å²) in [6.07, 6.45) is -0.468. The predicted molar refractivity (Wildman–Crippen MR) is 86.3 cm³/mol. The van der Waals surface area contributed by atoms with E-state index in [1.807, 2.05) is 0 Å². The second-order valence-corrected chi connectivity index (χ2v) is 6.08. The minimum Gasteiger partial charge on any atom is -0.481 e. The monoisotopic (exact) mass is 348 g/mol. The summed E-state index contributed by atoms with van der Waals surface area (Å²) in [4.78, 5) is 18.5. The van der Waals surface area contributed by atoms with Crippen molar-refractivity contribution >= 4 is 5.91 Å². The molecule has 2 aromatic rings. The van der Waals surface area contributed by atoms with Gasteiger partial charge in [0.25, 0.3) is 5.91 Å². The maximum absolute atomic E-state index is 13.6. The SMILES string of the molecule is COc1cc(C(=O)N2C[C@@H](O)C[C@H]2c2ccc(F)c(F)c2)cc(C)n1. The summed E-state index contributed by atoms with van der Waals surface area (Å²) in [5.41, 5.74) is 1.43. The lowest BCUT2D eigenvalue weighted by molar-refractivity contribution is 0.0715. The largest absolute Gasteiger partial charge is 0.481 e. The molecule has 0 bridgehead atoms. The number of pyridine rings is 1. The normalized spacial score (nSPS) is 20.0. The van der Waals surface area contributed by atoms with Crippen LogP contribution in [0.1, 0.15) is 34.1 Å². The topological polar surface area (TPSA) is 62.7 Å². The Kier molecular flexibility index (Phi) is 4.67. The van der Waals surface area contributed by atoms with Gasteiger partial charge in [-0.2, -0.15) is 0 Å². The van der Waals surface area contributed by atoms with E-state index < -0.39 is 23.8 Å². The van der Waals surface area contributed by atoms with Crippen molar-refractivity contribution < 1.29 is 23.4 Å². The molecule has 2 heterocycles. The molecule has 1 fully saturated rings. The summed E-state index contributed by atoms with van der Waals surface area (Å²) < 4.78 is 31.8. The molecule has 3 rings (SSSR count). The highest BCUT2D eigenvalue weighted by Gasteiger charge is 2.36. The van der Waals surface area contributed by atoms with E-state index in [9.17, 15) is 18.7 Å². The third-order valence-electron chi connectivity index (χ3n) is 4.25. The number of methoxy groups -OCH3 is 1. The van der Waals surface area contributed by atoms with E-state index in [4.69, 9.17) is 4.74 Å². The number of likely N-dealkylation sites (tertiary alicyclic amines) is 1. The minimum absolute atomic E-state index is 0.117. The summed E-state index contributed by atoms with van der Waals surface area (Å²) in [5, 5.41) is 10.0. The van der Waals surface area contributed by atoms with E-state index in [2.05, 4.69) is 4.98 Å². The highest BCUT2D eigenvalue weighted by atomic mass is 19.2. The molecule has 1 aliphatic rings. The Morgan fingerprint density at radius 1 is 1.28 bits per heavy atom. The van der Waals surface area contributed by atoms with E-state index in [1.54, 1.807) is 13.0 Å². The fraction of sp³-hybridized carbons (Fsp3) is 0.333. The van der Waals surface area contributed by atoms with Gasteiger partial charge in [-0.15, -0.1) is 0 Å². The number of hydrogen-bond donors (Lipinski definition) is 1. The number of carbonyl (C=O) groups excluding carboxylic acids is 1. The molecule has 1 aromatic heterocycles. The quantitative estimate of drug-likeness (QED) is 0.926. The molecule has 0 unspecified atom stereocenters. The maximum Gasteiger partial charge on any atom is 0.254 e. The van der Waals surface area contributed by atoms with E-state index >= 15 is 0 Å². The first-order chi connectivity index (χ1) is 11.9. The molecule has 0 radical (unpaired) electrons. The van der Waals surface area contributed by atoms with Crippen molar-refractivity contribution in [3.05, 3.63) is 58.8 Å². The Hall–Kier alpha value is -2.54. The van der Waals surface area contributed by atoms with E-state index in [0.29, 0.717) is 22.7 Å². The number of carbonyl (C=O) groups is 1. The molecule has 25 heavy (non-hydrogen) atoms. The smallest absolute Gasteiger partial charge is 0.254 e. The van der Waals surface area contributed by atoms with Crippen molar-refractivity contribution in [3.63, 3.8) is 0 Å². The maximum atomic E-state index is 13.6. The number of nitrogens with zero attached hydrogens (tertiary/aromatic N) is 2. The molecule has 7 heteroatoms. The van der Waals surface area contributed by atoms with Crippen LogP contribution >= 0.6 is 0 Å². The Labute approximate surface area is 143 Å². The van der Waals surface area contributed by atoms with Gasteiger partial charge in [0.2, 0.25) is 5.88 Å². The molecular weight excluding hydrogens is 330 g/mol. The van der Waals surface area contributed by atoms with Gasteiger partial charge in [0.15, 0.2) is 11.6 Å². The van der Waals surface area contributed by atoms with Crippen molar-refractivity contribution in [2.45, 2.75) is 25.5 Å². The van der Waals surface area contributed by atoms with Gasteiger partial charge in [-0.1, -0.05) is 6.07 Å². The Balaban J connectivity index is 1.94. The predicted octanol–water partition coefficient (Wildman–Crippen LogP) is 2.62. The van der Waals surface area contributed by atoms with Gasteiger partial charge in [-0.3, -0.25) is 4.79 Å². The van der Waals surface area contributed by atoms with Crippen LogP contribution in [0.15, 0.2) is 30.3 Å². The number of aliphatic hydroxyl groups is 1. The second kappa shape index (κ2) is 6.76. The summed E-state index contributed by atoms with van der Waals surface area (Å²) in [6, 6.07) is 6.13. The van der Waals surface area contributed by atoms with Crippen molar-refractivity contribution in [2.24, 2.45) is 0 Å². The lowest BCUT2D eigenvalue weighted by Crippen LogP contribution is -2.32. The van der Waals surface area contributed by atoms with E-state index in [0.717, 1.165) is 12.1 Å². The summed E-state index contributed by atoms with van der Waals surface area (Å²) in [7, 11) is 1.46. The number of ether oxygens (including phenoxy) is 1. The zero-order valence-corrected chi connectivity index (χ0v) is 13.9. The molecule has 1 aliphatic heterocycles. The number of aliphatic hydroxyl groups excluding tert-OH is 1. The summed E-state index contributed by atoms with van der Waals surface area (Å²) in [5.74, 6) is -1.94. The molecule has 5 nitrogen and oxygen atoms in total. The minimum atomic E-state index is -0.979. The average Bonchev–Trinajstić information content (AvgIpc) is 2.97. The van der Waals surface area contributed by atoms with Crippen molar-refractivity contribution in [1.82, 2.24) is 9.88 Å². The number of hydrogen-bond acceptors (Lipinski definition) is 4. The molecule has 0 saturated carbocycles. The third kappa shape index (κ3) is 3.46. The average molecular weight is 348 g/mol. The van der Waals surface area contributed by atoms with Crippen molar-refractivity contribution in [3.8, 4) is 5.88 Å². The fourth-order valence-corrected chi connectivity index (χ4v) is 3.11. The molecule has 1 saturated heterocycles. The number of aryl methyl sites for hydroxylation is 1. The lowest BCUT2D eigenvalue weighted by atomic mass is 10.0. The molecule has 1 amide bonds. The van der Waals surface area contributed by atoms with Crippen LogP contribution in [0.3, 0.4) is 0 Å². The number of benzene rings is 1. The number of amides is 1. The molecule has 0 aliphatic carbocycles. The van der Waals surface area contributed by atoms with Gasteiger partial charge in [0.1, 0.15) is 0 Å². The van der Waals surface area contributed by atoms with Gasteiger partial charge < -0.3 is 14.7 Å². The first-order valence-electron chi connectivity index (χ1n) is 7.85. The lowest BCUT2D eigenvalue weighted by Gasteiger charge is -2.25. The molecule has 2 atom stereocenters. The van der Waals surface area contributed by atoms with Gasteiger partial charge in [0.05, 0.1) is 19.3 Å². The van der Waals surface area contributed by atoms with Crippen LogP contribution in [0.25, 0.3) is 0 Å². The van der Waals surface area contributed by atoms with Crippen molar-refractivity contribution in [1.29, 1.82) is 0 Å². The fourth-order valence-electron chi connectivity index (χ4n) is 3.11. The van der Waals surface area contributed by atoms with Crippen molar-refractivity contribution in [2.75, 3.05) is 13.7 Å². The number of halogens is 2. The zero-order valence-electron chi connectivity index (χ0n) is 13.9. The van der Waals surface area contributed by atoms with Crippen LogP contribution in [0.2, 0.25) is 0 Å². The van der Waals surface area contributed by atoms with Crippen LogP contribution in [0.4, 0.5) is 8.78 Å². The third-order valence-corrected chi connectivity index (χ3v) is 4.25. The first kappa shape index (κ1) is 17.3. The van der Waals surface area contributed by atoms with Crippen LogP contribution in [-0.4, -0.2) is 40.7 Å². The number of β-amino-alcohol motifs (C(OH)–C–C–N with tert-alkyl or cyclic N) is 1. The highest BCUT2D eigenvalue weighted by molar-refractivity contribution is 5.95. The van der Waals surface area contributed by atoms with E-state index in [1.165, 1.54) is 24.1 Å². The second-order valence-electron chi connectivity index (χ2n) is 6.08. The number of rotatable bonds is 3. The number of aromatic nitrogens is 1. The van der Waals surface area contributed by atoms with Crippen LogP contribution in [0.5, 0.6) is 5.88 Å². The van der Waals surface area contributed by atoms with Gasteiger partial charge in [-0.25, -0.2) is 13.8 Å². The van der Waals surface area contributed by atoms with Gasteiger partial charge in [-0.05, 0) is 37.1 Å². The zero-order chi connectivity index (χ0) is 18.1. The van der Waals surface area contributed by atoms with Crippen LogP contribution < -0.4 is 4.74 Å². The molecular formula is C18H18F2N2O3. The highest BCUT2D eigenvalue weighted by Crippen LogP contribution is 2.34. The summed E-state index contributed by atoms with van der Waals surface area (Å²) in [6.45, 7) is 1.86. The molecule has 132 valence electrons. The molecule has 1 aromatic carbocycles. The first-order valence-corrected chi connectivity index (χ1v) is 7.85. The Bertz CT molecular complexity index is 813. The Morgan fingerprint density at radius 3 is 2.72 bits per heavy atom. The molecule has 1 N–H and O–H groups in total. The van der Waals surface area contributed by atoms with Crippen LogP contribution in [0, 0.1) is 18.6 Å².